The van der Waals surface area contributed by atoms with Gasteiger partial charge in [-0.05, 0) is 50.4 Å². The Labute approximate surface area is 151 Å². The first-order valence-electron chi connectivity index (χ1n) is 8.57. The van der Waals surface area contributed by atoms with Crippen LogP contribution in [0.2, 0.25) is 0 Å². The van der Waals surface area contributed by atoms with E-state index in [1.807, 2.05) is 6.07 Å². The van der Waals surface area contributed by atoms with E-state index in [0.29, 0.717) is 24.1 Å². The Balaban J connectivity index is 0.000000301. The molecule has 8 nitrogen and oxygen atoms in total. The van der Waals surface area contributed by atoms with E-state index in [2.05, 4.69) is 11.9 Å². The maximum absolute atomic E-state index is 12.5. The molecule has 4 atom stereocenters. The van der Waals surface area contributed by atoms with Crippen LogP contribution in [-0.4, -0.2) is 59.1 Å². The van der Waals surface area contributed by atoms with Crippen LogP contribution < -0.4 is 4.74 Å². The highest BCUT2D eigenvalue weighted by Crippen LogP contribution is 2.62. The smallest absolute Gasteiger partial charge is 0.394 e. The molecule has 0 amide bonds. The van der Waals surface area contributed by atoms with Crippen LogP contribution in [0.3, 0.4) is 0 Å². The van der Waals surface area contributed by atoms with Crippen LogP contribution in [-0.2, 0) is 27.0 Å². The molecule has 2 fully saturated rings. The molecule has 0 aromatic heterocycles. The van der Waals surface area contributed by atoms with Gasteiger partial charge in [0.15, 0.2) is 23.4 Å². The summed E-state index contributed by atoms with van der Waals surface area (Å²) in [6.45, 7) is 1.00. The number of carbonyl (C=O) groups is 1. The Kier molecular flexibility index (Phi) is 3.85. The number of aromatic hydroxyl groups is 1. The van der Waals surface area contributed by atoms with Gasteiger partial charge in [-0.15, -0.1) is 0 Å². The van der Waals surface area contributed by atoms with E-state index in [0.717, 1.165) is 31.4 Å². The molecule has 0 radical (unpaired) electrons. The third-order valence-corrected chi connectivity index (χ3v) is 6.39. The topological polar surface area (TPSA) is 124 Å². The van der Waals surface area contributed by atoms with Gasteiger partial charge in [0.1, 0.15) is 0 Å². The number of Topliss-reactive ketones (excluding diaryl/α,β-unsaturated/α-hetero) is 1. The highest BCUT2D eigenvalue weighted by atomic mass is 32.3. The minimum atomic E-state index is -4.67. The summed E-state index contributed by atoms with van der Waals surface area (Å²) in [6.07, 6.45) is 3.18. The van der Waals surface area contributed by atoms with Crippen molar-refractivity contribution < 1.29 is 32.2 Å². The molecule has 3 N–H and O–H groups in total. The molecule has 4 aliphatic rings. The molecule has 26 heavy (non-hydrogen) atoms. The number of rotatable bonds is 0. The summed E-state index contributed by atoms with van der Waals surface area (Å²) < 4.78 is 37.6. The zero-order valence-electron chi connectivity index (χ0n) is 14.3. The van der Waals surface area contributed by atoms with Crippen molar-refractivity contribution in [2.24, 2.45) is 5.92 Å². The van der Waals surface area contributed by atoms with Crippen LogP contribution in [0.4, 0.5) is 0 Å². The average Bonchev–Trinajstić information content (AvgIpc) is 2.89. The fourth-order valence-corrected chi connectivity index (χ4v) is 5.52. The second-order valence-electron chi connectivity index (χ2n) is 7.55. The monoisotopic (exact) mass is 383 g/mol. The molecule has 1 spiro atoms. The molecule has 2 aliphatic carbocycles. The molecule has 2 aliphatic heterocycles. The summed E-state index contributed by atoms with van der Waals surface area (Å²) in [5.41, 5.74) is 2.26. The molecule has 1 aromatic rings. The fourth-order valence-electron chi connectivity index (χ4n) is 5.52. The van der Waals surface area contributed by atoms with Crippen LogP contribution in [0, 0.1) is 5.92 Å². The van der Waals surface area contributed by atoms with Crippen molar-refractivity contribution in [2.75, 3.05) is 13.6 Å². The Morgan fingerprint density at radius 1 is 1.31 bits per heavy atom. The minimum absolute atomic E-state index is 0.172. The highest BCUT2D eigenvalue weighted by molar-refractivity contribution is 7.79. The molecule has 142 valence electrons. The summed E-state index contributed by atoms with van der Waals surface area (Å²) in [6, 6.07) is 4.26. The quantitative estimate of drug-likeness (QED) is 0.566. The van der Waals surface area contributed by atoms with E-state index >= 15 is 0 Å². The number of hydrogen-bond donors (Lipinski definition) is 3. The fraction of sp³-hybridized carbons (Fsp3) is 0.588. The maximum atomic E-state index is 12.5. The van der Waals surface area contributed by atoms with E-state index in [-0.39, 0.29) is 23.1 Å². The van der Waals surface area contributed by atoms with E-state index in [4.69, 9.17) is 22.3 Å². The Bertz CT molecular complexity index is 875. The van der Waals surface area contributed by atoms with Crippen LogP contribution in [0.15, 0.2) is 12.1 Å². The molecule has 2 heterocycles. The summed E-state index contributed by atoms with van der Waals surface area (Å²) in [4.78, 5) is 14.9. The standard InChI is InChI=1S/C17H19NO3.H2O4S/c1-18-7-6-17-10-3-5-13(20)16(17)21-15-12(19)4-2-9(14(15)17)8-11(10)18;1-5(2,3)4/h2,4,10-11,16,19H,3,5-8H2,1H3;(H2,1,2,3,4)/t10-,11+,16-,17-;/m0./s1. The zero-order chi connectivity index (χ0) is 18.9. The van der Waals surface area contributed by atoms with Gasteiger partial charge in [-0.2, -0.15) is 8.42 Å². The summed E-state index contributed by atoms with van der Waals surface area (Å²) >= 11 is 0. The molecule has 9 heteroatoms. The number of nitrogens with zero attached hydrogens (tertiary/aromatic N) is 1. The largest absolute Gasteiger partial charge is 0.504 e. The van der Waals surface area contributed by atoms with Gasteiger partial charge in [-0.1, -0.05) is 6.07 Å². The number of phenolic OH excluding ortho intramolecular Hbond substituents is 1. The number of carbonyl (C=O) groups excluding carboxylic acids is 1. The van der Waals surface area contributed by atoms with Gasteiger partial charge in [0.25, 0.3) is 0 Å². The molecule has 2 bridgehead atoms. The predicted octanol–water partition coefficient (Wildman–Crippen LogP) is 0.978. The third-order valence-electron chi connectivity index (χ3n) is 6.39. The van der Waals surface area contributed by atoms with Gasteiger partial charge >= 0.3 is 10.4 Å². The van der Waals surface area contributed by atoms with Gasteiger partial charge in [-0.25, -0.2) is 0 Å². The van der Waals surface area contributed by atoms with Crippen molar-refractivity contribution in [1.82, 2.24) is 4.90 Å². The Hall–Kier alpha value is -1.68. The number of ether oxygens (including phenoxy) is 1. The molecule has 0 unspecified atom stereocenters. The Morgan fingerprint density at radius 2 is 2.00 bits per heavy atom. The van der Waals surface area contributed by atoms with Crippen molar-refractivity contribution in [3.8, 4) is 11.5 Å². The van der Waals surface area contributed by atoms with Crippen molar-refractivity contribution in [2.45, 2.75) is 43.2 Å². The molecular formula is C17H21NO7S. The molecule has 5 rings (SSSR count). The first kappa shape index (κ1) is 17.7. The van der Waals surface area contributed by atoms with Gasteiger partial charge in [0.2, 0.25) is 0 Å². The van der Waals surface area contributed by atoms with Gasteiger partial charge in [0.05, 0.1) is 0 Å². The molecule has 1 saturated heterocycles. The normalized spacial score (nSPS) is 34.4. The van der Waals surface area contributed by atoms with E-state index in [1.165, 1.54) is 5.56 Å². The number of hydrogen-bond acceptors (Lipinski definition) is 6. The first-order valence-corrected chi connectivity index (χ1v) is 9.97. The zero-order valence-corrected chi connectivity index (χ0v) is 15.1. The van der Waals surface area contributed by atoms with Crippen LogP contribution in [0.5, 0.6) is 11.5 Å². The lowest BCUT2D eigenvalue weighted by atomic mass is 9.52. The number of benzene rings is 1. The number of phenols is 1. The number of likely N-dealkylation sites (N-methyl/N-ethyl adjacent to an activating group) is 1. The third kappa shape index (κ3) is 2.45. The second kappa shape index (κ2) is 5.66. The van der Waals surface area contributed by atoms with Crippen molar-refractivity contribution >= 4 is 16.2 Å². The van der Waals surface area contributed by atoms with Crippen molar-refractivity contribution in [3.05, 3.63) is 23.3 Å². The Morgan fingerprint density at radius 3 is 2.69 bits per heavy atom. The van der Waals surface area contributed by atoms with E-state index in [9.17, 15) is 9.90 Å². The van der Waals surface area contributed by atoms with Crippen LogP contribution in [0.1, 0.15) is 30.4 Å². The summed E-state index contributed by atoms with van der Waals surface area (Å²) in [5, 5.41) is 10.2. The van der Waals surface area contributed by atoms with Crippen molar-refractivity contribution in [3.63, 3.8) is 0 Å². The van der Waals surface area contributed by atoms with Crippen LogP contribution in [0.25, 0.3) is 0 Å². The maximum Gasteiger partial charge on any atom is 0.394 e. The second-order valence-corrected chi connectivity index (χ2v) is 8.44. The first-order chi connectivity index (χ1) is 12.1. The van der Waals surface area contributed by atoms with Crippen molar-refractivity contribution in [1.29, 1.82) is 0 Å². The highest BCUT2D eigenvalue weighted by Gasteiger charge is 2.65. The number of piperidine rings is 1. The van der Waals surface area contributed by atoms with Crippen LogP contribution >= 0.6 is 0 Å². The molecule has 1 aromatic carbocycles. The number of likely N-dealkylation sites (tertiary alicyclic amines) is 1. The summed E-state index contributed by atoms with van der Waals surface area (Å²) in [5.74, 6) is 1.50. The number of ketones is 1. The van der Waals surface area contributed by atoms with E-state index in [1.54, 1.807) is 6.07 Å². The SMILES string of the molecule is CN1CC[C@]23c4c5ccc(O)c4O[C@H]2C(=O)CC[C@H]3[C@H]1C5.O=S(=O)(O)O. The lowest BCUT2D eigenvalue weighted by Crippen LogP contribution is -2.65. The van der Waals surface area contributed by atoms with E-state index < -0.39 is 10.4 Å². The summed E-state index contributed by atoms with van der Waals surface area (Å²) in [7, 11) is -2.47. The van der Waals surface area contributed by atoms with Gasteiger partial charge in [0, 0.05) is 23.4 Å². The molecule has 1 saturated carbocycles. The molecular weight excluding hydrogens is 362 g/mol. The lowest BCUT2D eigenvalue weighted by Gasteiger charge is -2.57. The van der Waals surface area contributed by atoms with Gasteiger partial charge in [-0.3, -0.25) is 13.9 Å². The average molecular weight is 383 g/mol. The minimum Gasteiger partial charge on any atom is -0.504 e. The van der Waals surface area contributed by atoms with Gasteiger partial charge < -0.3 is 14.7 Å². The lowest BCUT2D eigenvalue weighted by molar-refractivity contribution is -0.138. The predicted molar refractivity (Wildman–Crippen MR) is 90.8 cm³/mol.